The van der Waals surface area contributed by atoms with Crippen molar-refractivity contribution in [1.82, 2.24) is 0 Å². The van der Waals surface area contributed by atoms with Crippen molar-refractivity contribution in [3.8, 4) is 0 Å². The number of unbranched alkanes of at least 4 members (excludes halogenated alkanes) is 61. The van der Waals surface area contributed by atoms with Crippen molar-refractivity contribution in [2.24, 2.45) is 17.8 Å². The Morgan fingerprint density at radius 3 is 0.744 bits per heavy atom. The molecule has 0 fully saturated rings. The molecule has 86 heavy (non-hydrogen) atoms. The number of carboxylic acid groups (broad SMARTS) is 1. The minimum Gasteiger partial charge on any atom is -0.481 e. The number of aliphatic carboxylic acids is 1. The average molecular weight is 1210 g/mol. The molecule has 0 rings (SSSR count). The van der Waals surface area contributed by atoms with Crippen LogP contribution >= 0.6 is 0 Å². The molecule has 0 aliphatic heterocycles. The Balaban J connectivity index is 3.44. The zero-order valence-electron chi connectivity index (χ0n) is 59.8. The first-order chi connectivity index (χ1) is 42.3. The van der Waals surface area contributed by atoms with Crippen molar-refractivity contribution in [2.45, 2.75) is 489 Å². The van der Waals surface area contributed by atoms with Crippen LogP contribution in [0.2, 0.25) is 0 Å². The molecule has 0 bridgehead atoms. The summed E-state index contributed by atoms with van der Waals surface area (Å²) in [4.78, 5) is 11.9. The Labute approximate surface area is 542 Å². The number of aliphatic hydroxyl groups excluding tert-OH is 2. The van der Waals surface area contributed by atoms with Gasteiger partial charge < -0.3 is 15.3 Å². The van der Waals surface area contributed by atoms with E-state index in [1.54, 1.807) is 0 Å². The monoisotopic (exact) mass is 1210 g/mol. The molecular formula is C82H162O4. The summed E-state index contributed by atoms with van der Waals surface area (Å²) < 4.78 is 0. The number of allylic oxidation sites excluding steroid dienone is 2. The lowest BCUT2D eigenvalue weighted by atomic mass is 9.91. The van der Waals surface area contributed by atoms with E-state index in [2.05, 4.69) is 39.8 Å². The summed E-state index contributed by atoms with van der Waals surface area (Å²) in [6.45, 7) is 9.30. The third-order valence-electron chi connectivity index (χ3n) is 20.3. The molecule has 0 radical (unpaired) electrons. The van der Waals surface area contributed by atoms with Crippen molar-refractivity contribution in [3.05, 3.63) is 12.2 Å². The molecule has 0 aromatic rings. The van der Waals surface area contributed by atoms with E-state index in [4.69, 9.17) is 0 Å². The minimum atomic E-state index is -0.803. The van der Waals surface area contributed by atoms with Crippen LogP contribution in [0, 0.1) is 17.8 Å². The summed E-state index contributed by atoms with van der Waals surface area (Å²) in [5, 5.41) is 31.3. The highest BCUT2D eigenvalue weighted by atomic mass is 16.4. The summed E-state index contributed by atoms with van der Waals surface area (Å²) in [7, 11) is 0. The molecule has 0 saturated carbocycles. The van der Waals surface area contributed by atoms with Gasteiger partial charge in [0.2, 0.25) is 0 Å². The summed E-state index contributed by atoms with van der Waals surface area (Å²) in [6.07, 6.45) is 98.0. The predicted octanol–water partition coefficient (Wildman–Crippen LogP) is 28.6. The number of carboxylic acids is 1. The third-order valence-corrected chi connectivity index (χ3v) is 20.3. The highest BCUT2D eigenvalue weighted by molar-refractivity contribution is 5.70. The molecule has 0 aromatic heterocycles. The second-order valence-electron chi connectivity index (χ2n) is 29.1. The fraction of sp³-hybridized carbons (Fsp3) is 0.963. The van der Waals surface area contributed by atoms with Gasteiger partial charge in [-0.15, -0.1) is 0 Å². The first-order valence-electron chi connectivity index (χ1n) is 40.6. The zero-order valence-corrected chi connectivity index (χ0v) is 59.8. The highest BCUT2D eigenvalue weighted by Gasteiger charge is 2.25. The molecule has 5 atom stereocenters. The molecule has 514 valence electrons. The quantitative estimate of drug-likeness (QED) is 0.0419. The van der Waals surface area contributed by atoms with Crippen LogP contribution in [0.3, 0.4) is 0 Å². The Morgan fingerprint density at radius 1 is 0.267 bits per heavy atom. The summed E-state index contributed by atoms with van der Waals surface area (Å²) in [5.74, 6) is -0.186. The van der Waals surface area contributed by atoms with Crippen molar-refractivity contribution in [3.63, 3.8) is 0 Å². The molecule has 0 spiro atoms. The summed E-state index contributed by atoms with van der Waals surface area (Å²) in [6, 6.07) is 0. The number of hydrogen-bond donors (Lipinski definition) is 3. The SMILES string of the molecule is CCCCCCCCCCCCCCCCCCCCCC[C@@H](C(=O)O)[C@H](O)CCCCCCCCCCCCCCCCC[C@@H](C)/C=C/CCCCCCCCCCCCCCC[C@@H](O)[C@H](C)CCCCCCCCCCCCCCCCCC. The van der Waals surface area contributed by atoms with Crippen molar-refractivity contribution in [2.75, 3.05) is 0 Å². The lowest BCUT2D eigenvalue weighted by Crippen LogP contribution is -2.28. The molecule has 0 aliphatic carbocycles. The van der Waals surface area contributed by atoms with Gasteiger partial charge >= 0.3 is 5.97 Å². The van der Waals surface area contributed by atoms with E-state index < -0.39 is 18.0 Å². The topological polar surface area (TPSA) is 77.8 Å². The van der Waals surface area contributed by atoms with Crippen molar-refractivity contribution < 1.29 is 20.1 Å². The van der Waals surface area contributed by atoms with Gasteiger partial charge in [-0.3, -0.25) is 4.79 Å². The van der Waals surface area contributed by atoms with E-state index in [-0.39, 0.29) is 6.10 Å². The second-order valence-corrected chi connectivity index (χ2v) is 29.1. The van der Waals surface area contributed by atoms with Crippen LogP contribution in [0.5, 0.6) is 0 Å². The average Bonchev–Trinajstić information content (AvgIpc) is 3.51. The van der Waals surface area contributed by atoms with Gasteiger partial charge in [-0.25, -0.2) is 0 Å². The fourth-order valence-corrected chi connectivity index (χ4v) is 13.9. The van der Waals surface area contributed by atoms with Crippen LogP contribution in [0.4, 0.5) is 0 Å². The van der Waals surface area contributed by atoms with Gasteiger partial charge in [-0.1, -0.05) is 444 Å². The van der Waals surface area contributed by atoms with Crippen LogP contribution in [-0.4, -0.2) is 33.5 Å². The van der Waals surface area contributed by atoms with Crippen LogP contribution in [0.25, 0.3) is 0 Å². The summed E-state index contributed by atoms with van der Waals surface area (Å²) in [5.41, 5.74) is 0. The van der Waals surface area contributed by atoms with E-state index in [0.29, 0.717) is 18.8 Å². The fourth-order valence-electron chi connectivity index (χ4n) is 13.9. The molecule has 3 N–H and O–H groups in total. The highest BCUT2D eigenvalue weighted by Crippen LogP contribution is 2.24. The Kier molecular flexibility index (Phi) is 72.4. The lowest BCUT2D eigenvalue weighted by molar-refractivity contribution is -0.146. The van der Waals surface area contributed by atoms with E-state index in [0.717, 1.165) is 38.0 Å². The predicted molar refractivity (Wildman–Crippen MR) is 385 cm³/mol. The van der Waals surface area contributed by atoms with E-state index >= 15 is 0 Å². The molecule has 0 aromatic carbocycles. The van der Waals surface area contributed by atoms with Crippen LogP contribution in [0.1, 0.15) is 477 Å². The van der Waals surface area contributed by atoms with Gasteiger partial charge in [0.25, 0.3) is 0 Å². The molecule has 4 heteroatoms. The van der Waals surface area contributed by atoms with Crippen molar-refractivity contribution >= 4 is 5.97 Å². The first kappa shape index (κ1) is 85.1. The second kappa shape index (κ2) is 73.2. The zero-order chi connectivity index (χ0) is 62.4. The Bertz CT molecular complexity index is 1280. The van der Waals surface area contributed by atoms with Gasteiger partial charge in [-0.2, -0.15) is 0 Å². The van der Waals surface area contributed by atoms with Crippen LogP contribution in [-0.2, 0) is 4.79 Å². The maximum Gasteiger partial charge on any atom is 0.309 e. The molecule has 0 heterocycles. The smallest absolute Gasteiger partial charge is 0.309 e. The van der Waals surface area contributed by atoms with Gasteiger partial charge in [-0.05, 0) is 56.8 Å². The number of hydrogen-bond acceptors (Lipinski definition) is 3. The number of carbonyl (C=O) groups is 1. The van der Waals surface area contributed by atoms with Crippen molar-refractivity contribution in [1.29, 1.82) is 0 Å². The van der Waals surface area contributed by atoms with Gasteiger partial charge in [0.1, 0.15) is 0 Å². The summed E-state index contributed by atoms with van der Waals surface area (Å²) >= 11 is 0. The standard InChI is InChI=1S/C82H162O4/c1-5-7-9-11-13-15-17-19-21-23-24-25-26-32-38-44-50-56-62-68-74-79(82(85)86)81(84)76-70-64-58-52-46-40-34-28-30-36-42-48-54-60-66-72-77(3)71-65-59-53-47-41-35-29-27-33-39-45-51-57-63-69-75-80(83)78(4)73-67-61-55-49-43-37-31-22-20-18-16-14-12-10-8-6-2/h65,71,77-81,83-84H,5-64,66-70,72-76H2,1-4H3,(H,85,86)/b71-65+/t77-,78+,79+,80+,81+/m0/s1. The largest absolute Gasteiger partial charge is 0.481 e. The first-order valence-corrected chi connectivity index (χ1v) is 40.6. The van der Waals surface area contributed by atoms with Crippen LogP contribution < -0.4 is 0 Å². The third kappa shape index (κ3) is 67.5. The molecule has 0 saturated heterocycles. The lowest BCUT2D eigenvalue weighted by Gasteiger charge is -2.19. The van der Waals surface area contributed by atoms with E-state index in [1.165, 1.54) is 405 Å². The molecule has 0 aliphatic rings. The Hall–Kier alpha value is -0.870. The minimum absolute atomic E-state index is 0.0854. The maximum absolute atomic E-state index is 11.9. The van der Waals surface area contributed by atoms with Crippen LogP contribution in [0.15, 0.2) is 12.2 Å². The Morgan fingerprint density at radius 2 is 0.477 bits per heavy atom. The van der Waals surface area contributed by atoms with Gasteiger partial charge in [0.15, 0.2) is 0 Å². The molecular weight excluding hydrogens is 1050 g/mol. The maximum atomic E-state index is 11.9. The normalized spacial score (nSPS) is 13.7. The molecule has 0 unspecified atom stereocenters. The molecule has 0 amide bonds. The van der Waals surface area contributed by atoms with Gasteiger partial charge in [0, 0.05) is 0 Å². The van der Waals surface area contributed by atoms with Gasteiger partial charge in [0.05, 0.1) is 18.1 Å². The van der Waals surface area contributed by atoms with E-state index in [1.807, 2.05) is 0 Å². The number of rotatable bonds is 76. The molecule has 4 nitrogen and oxygen atoms in total. The van der Waals surface area contributed by atoms with E-state index in [9.17, 15) is 20.1 Å². The number of aliphatic hydroxyl groups is 2.